The molecule has 25 heavy (non-hydrogen) atoms. The fourth-order valence-electron chi connectivity index (χ4n) is 3.34. The zero-order chi connectivity index (χ0) is 18.2. The molecule has 3 rings (SSSR count). The molecular weight excluding hydrogens is 310 g/mol. The summed E-state index contributed by atoms with van der Waals surface area (Å²) >= 11 is 0. The molecule has 0 fully saturated rings. The van der Waals surface area contributed by atoms with Crippen LogP contribution in [0, 0.1) is 0 Å². The molecule has 3 nitrogen and oxygen atoms in total. The van der Waals surface area contributed by atoms with Crippen molar-refractivity contribution >= 4 is 5.78 Å². The number of quaternary nitrogens is 1. The van der Waals surface area contributed by atoms with Crippen molar-refractivity contribution in [2.24, 2.45) is 0 Å². The highest BCUT2D eigenvalue weighted by molar-refractivity contribution is 5.98. The number of ketones is 1. The summed E-state index contributed by atoms with van der Waals surface area (Å²) in [5, 5.41) is 0. The number of carbonyl (C=O) groups excluding carboxylic acids is 1. The second-order valence-electron chi connectivity index (χ2n) is 7.84. The Morgan fingerprint density at radius 1 is 1.12 bits per heavy atom. The minimum atomic E-state index is -0.521. The Morgan fingerprint density at radius 2 is 1.80 bits per heavy atom. The molecule has 2 aromatic carbocycles. The molecule has 2 aromatic rings. The lowest BCUT2D eigenvalue weighted by Gasteiger charge is -2.29. The summed E-state index contributed by atoms with van der Waals surface area (Å²) < 4.78 is 6.91. The van der Waals surface area contributed by atoms with E-state index in [-0.39, 0.29) is 5.78 Å². The van der Waals surface area contributed by atoms with Gasteiger partial charge in [-0.2, -0.15) is 0 Å². The van der Waals surface area contributed by atoms with Crippen LogP contribution in [0.2, 0.25) is 0 Å². The topological polar surface area (TPSA) is 26.3 Å². The average Bonchev–Trinajstić information content (AvgIpc) is 2.92. The Hall–Kier alpha value is -2.39. The third-order valence-corrected chi connectivity index (χ3v) is 4.50. The molecule has 1 atom stereocenters. The van der Waals surface area contributed by atoms with Crippen molar-refractivity contribution in [1.29, 1.82) is 0 Å². The van der Waals surface area contributed by atoms with Crippen LogP contribution in [0.5, 0.6) is 5.75 Å². The Morgan fingerprint density at radius 3 is 2.48 bits per heavy atom. The maximum absolute atomic E-state index is 12.6. The summed E-state index contributed by atoms with van der Waals surface area (Å²) in [4.78, 5) is 12.6. The van der Waals surface area contributed by atoms with Crippen LogP contribution in [-0.4, -0.2) is 44.1 Å². The molecule has 0 N–H and O–H groups in total. The molecule has 1 unspecified atom stereocenters. The Labute approximate surface area is 150 Å². The van der Waals surface area contributed by atoms with Crippen LogP contribution in [0.4, 0.5) is 0 Å². The minimum absolute atomic E-state index is 0.0267. The van der Waals surface area contributed by atoms with Gasteiger partial charge in [-0.3, -0.25) is 4.79 Å². The summed E-state index contributed by atoms with van der Waals surface area (Å²) in [5.74, 6) is 0.780. The number of rotatable bonds is 6. The fourth-order valence-corrected chi connectivity index (χ4v) is 3.34. The van der Waals surface area contributed by atoms with Gasteiger partial charge < -0.3 is 9.22 Å². The van der Waals surface area contributed by atoms with E-state index in [1.165, 1.54) is 22.3 Å². The van der Waals surface area contributed by atoms with Crippen LogP contribution in [0.1, 0.15) is 18.1 Å². The summed E-state index contributed by atoms with van der Waals surface area (Å²) in [6.45, 7) is 6.17. The minimum Gasteiger partial charge on any atom is -0.476 e. The Balaban J connectivity index is 1.94. The second-order valence-corrected chi connectivity index (χ2v) is 7.84. The van der Waals surface area contributed by atoms with Gasteiger partial charge in [-0.15, -0.1) is 0 Å². The molecule has 0 aliphatic heterocycles. The highest BCUT2D eigenvalue weighted by atomic mass is 16.5. The highest BCUT2D eigenvalue weighted by Crippen LogP contribution is 2.41. The van der Waals surface area contributed by atoms with Gasteiger partial charge >= 0.3 is 0 Å². The Kier molecular flexibility index (Phi) is 4.53. The third-order valence-electron chi connectivity index (χ3n) is 4.50. The van der Waals surface area contributed by atoms with Gasteiger partial charge in [-0.25, -0.2) is 0 Å². The largest absolute Gasteiger partial charge is 0.476 e. The van der Waals surface area contributed by atoms with E-state index in [4.69, 9.17) is 4.74 Å². The van der Waals surface area contributed by atoms with E-state index in [0.717, 1.165) is 12.2 Å². The maximum atomic E-state index is 12.6. The molecular formula is C22H26NO2+. The smallest absolute Gasteiger partial charge is 0.209 e. The molecule has 130 valence electrons. The number of hydrogen-bond donors (Lipinski definition) is 0. The van der Waals surface area contributed by atoms with Gasteiger partial charge in [0.25, 0.3) is 0 Å². The van der Waals surface area contributed by atoms with Gasteiger partial charge in [0, 0.05) is 12.0 Å². The molecule has 0 amide bonds. The predicted octanol–water partition coefficient (Wildman–Crippen LogP) is 3.86. The summed E-state index contributed by atoms with van der Waals surface area (Å²) in [6.07, 6.45) is 0.327. The zero-order valence-corrected chi connectivity index (χ0v) is 15.5. The van der Waals surface area contributed by atoms with E-state index in [2.05, 4.69) is 58.1 Å². The van der Waals surface area contributed by atoms with Gasteiger partial charge in [0.05, 0.1) is 21.1 Å². The molecule has 3 heteroatoms. The van der Waals surface area contributed by atoms with Crippen molar-refractivity contribution in [2.45, 2.75) is 19.4 Å². The number of ether oxygens (including phenoxy) is 1. The average molecular weight is 336 g/mol. The first-order chi connectivity index (χ1) is 11.8. The summed E-state index contributed by atoms with van der Waals surface area (Å²) in [5.41, 5.74) is 5.49. The molecule has 0 aromatic heterocycles. The SMILES string of the molecule is C=C(C)C(=O)C(C[N+](C)(C)C)Oc1cccc2c1Cc1ccccc1-2. The molecule has 0 bridgehead atoms. The predicted molar refractivity (Wildman–Crippen MR) is 102 cm³/mol. The first-order valence-corrected chi connectivity index (χ1v) is 8.63. The van der Waals surface area contributed by atoms with E-state index < -0.39 is 6.10 Å². The van der Waals surface area contributed by atoms with Gasteiger partial charge in [0.2, 0.25) is 11.9 Å². The lowest BCUT2D eigenvalue weighted by Crippen LogP contribution is -2.47. The second kappa shape index (κ2) is 6.49. The molecule has 0 spiro atoms. The van der Waals surface area contributed by atoms with E-state index >= 15 is 0 Å². The number of likely N-dealkylation sites (N-methyl/N-ethyl adjacent to an activating group) is 1. The molecule has 0 radical (unpaired) electrons. The number of carbonyl (C=O) groups is 1. The number of nitrogens with zero attached hydrogens (tertiary/aromatic N) is 1. The molecule has 0 saturated heterocycles. The zero-order valence-electron chi connectivity index (χ0n) is 15.5. The number of benzene rings is 2. The Bertz CT molecular complexity index is 830. The van der Waals surface area contributed by atoms with E-state index in [0.29, 0.717) is 16.6 Å². The third kappa shape index (κ3) is 3.67. The van der Waals surface area contributed by atoms with Crippen molar-refractivity contribution < 1.29 is 14.0 Å². The summed E-state index contributed by atoms with van der Waals surface area (Å²) in [7, 11) is 6.19. The van der Waals surface area contributed by atoms with Crippen LogP contribution in [0.3, 0.4) is 0 Å². The van der Waals surface area contributed by atoms with Crippen LogP contribution >= 0.6 is 0 Å². The molecule has 0 saturated carbocycles. The van der Waals surface area contributed by atoms with Crippen LogP contribution < -0.4 is 4.74 Å². The van der Waals surface area contributed by atoms with Gasteiger partial charge in [0.1, 0.15) is 12.3 Å². The van der Waals surface area contributed by atoms with Crippen molar-refractivity contribution in [3.8, 4) is 16.9 Å². The lowest BCUT2D eigenvalue weighted by atomic mass is 10.0. The maximum Gasteiger partial charge on any atom is 0.209 e. The van der Waals surface area contributed by atoms with Crippen LogP contribution in [-0.2, 0) is 11.2 Å². The van der Waals surface area contributed by atoms with Gasteiger partial charge in [-0.05, 0) is 35.3 Å². The van der Waals surface area contributed by atoms with Gasteiger partial charge in [0.15, 0.2) is 0 Å². The highest BCUT2D eigenvalue weighted by Gasteiger charge is 2.30. The van der Waals surface area contributed by atoms with Gasteiger partial charge in [-0.1, -0.05) is 43.0 Å². The first kappa shape index (κ1) is 17.4. The molecule has 1 aliphatic rings. The van der Waals surface area contributed by atoms with Crippen molar-refractivity contribution in [1.82, 2.24) is 0 Å². The van der Waals surface area contributed by atoms with Crippen molar-refractivity contribution in [2.75, 3.05) is 27.7 Å². The van der Waals surface area contributed by atoms with E-state index in [1.54, 1.807) is 6.92 Å². The number of Topliss-reactive ketones (excluding diaryl/α,β-unsaturated/α-hetero) is 1. The standard InChI is InChI=1S/C22H26NO2/c1-15(2)22(24)21(14-23(3,4)5)25-20-12-8-11-18-17-10-7-6-9-16(17)13-19(18)20/h6-12,21H,1,13-14H2,2-5H3/q+1. The van der Waals surface area contributed by atoms with E-state index in [1.807, 2.05) is 12.1 Å². The van der Waals surface area contributed by atoms with Crippen LogP contribution in [0.15, 0.2) is 54.6 Å². The quantitative estimate of drug-likeness (QED) is 0.505. The monoisotopic (exact) mass is 336 g/mol. The number of fused-ring (bicyclic) bond motifs is 3. The van der Waals surface area contributed by atoms with Crippen LogP contribution in [0.25, 0.3) is 11.1 Å². The lowest BCUT2D eigenvalue weighted by molar-refractivity contribution is -0.872. The molecule has 1 aliphatic carbocycles. The summed E-state index contributed by atoms with van der Waals surface area (Å²) in [6, 6.07) is 14.5. The first-order valence-electron chi connectivity index (χ1n) is 8.63. The fraction of sp³-hybridized carbons (Fsp3) is 0.318. The van der Waals surface area contributed by atoms with Crippen molar-refractivity contribution in [3.05, 3.63) is 65.7 Å². The number of hydrogen-bond acceptors (Lipinski definition) is 2. The van der Waals surface area contributed by atoms with Crippen molar-refractivity contribution in [3.63, 3.8) is 0 Å². The van der Waals surface area contributed by atoms with E-state index in [9.17, 15) is 4.79 Å². The normalized spacial score (nSPS) is 13.8. The molecule has 0 heterocycles.